The van der Waals surface area contributed by atoms with Crippen LogP contribution in [0.5, 0.6) is 0 Å². The zero-order valence-corrected chi connectivity index (χ0v) is 12.5. The van der Waals surface area contributed by atoms with Crippen LogP contribution in [0.3, 0.4) is 0 Å². The zero-order valence-electron chi connectivity index (χ0n) is 12.5. The molecule has 0 saturated carbocycles. The molecule has 1 saturated heterocycles. The summed E-state index contributed by atoms with van der Waals surface area (Å²) in [4.78, 5) is 4.88. The number of rotatable bonds is 7. The molecular weight excluding hydrogens is 250 g/mol. The lowest BCUT2D eigenvalue weighted by atomic mass is 10.2. The number of benzene rings is 1. The van der Waals surface area contributed by atoms with Crippen LogP contribution in [0.15, 0.2) is 30.3 Å². The van der Waals surface area contributed by atoms with Crippen molar-refractivity contribution >= 4 is 5.69 Å². The Balaban J connectivity index is 1.76. The van der Waals surface area contributed by atoms with E-state index in [-0.39, 0.29) is 12.6 Å². The van der Waals surface area contributed by atoms with E-state index < -0.39 is 0 Å². The number of nitrogens with zero attached hydrogens (tertiary/aromatic N) is 2. The lowest BCUT2D eigenvalue weighted by Gasteiger charge is -2.37. The molecule has 112 valence electrons. The fourth-order valence-electron chi connectivity index (χ4n) is 2.67. The van der Waals surface area contributed by atoms with Crippen LogP contribution in [0.1, 0.15) is 13.3 Å². The Morgan fingerprint density at radius 3 is 2.45 bits per heavy atom. The third kappa shape index (κ3) is 4.47. The molecule has 1 fully saturated rings. The second-order valence-electron chi connectivity index (χ2n) is 5.46. The van der Waals surface area contributed by atoms with Gasteiger partial charge in [-0.25, -0.2) is 0 Å². The first-order valence-electron chi connectivity index (χ1n) is 7.70. The number of hydrogen-bond donors (Lipinski definition) is 2. The van der Waals surface area contributed by atoms with Crippen molar-refractivity contribution in [2.45, 2.75) is 19.4 Å². The molecule has 1 aromatic rings. The fraction of sp³-hybridized carbons (Fsp3) is 0.625. The molecule has 1 aliphatic heterocycles. The molecule has 1 unspecified atom stereocenters. The van der Waals surface area contributed by atoms with Crippen LogP contribution in [0.25, 0.3) is 0 Å². The van der Waals surface area contributed by atoms with Gasteiger partial charge in [0, 0.05) is 44.5 Å². The maximum Gasteiger partial charge on any atom is 0.0597 e. The Hall–Kier alpha value is -1.10. The van der Waals surface area contributed by atoms with Crippen LogP contribution < -0.4 is 10.2 Å². The highest BCUT2D eigenvalue weighted by Crippen LogP contribution is 2.15. The highest BCUT2D eigenvalue weighted by molar-refractivity contribution is 5.46. The van der Waals surface area contributed by atoms with Crippen LogP contribution in [0.2, 0.25) is 0 Å². The molecule has 1 aromatic carbocycles. The van der Waals surface area contributed by atoms with E-state index in [1.54, 1.807) is 0 Å². The van der Waals surface area contributed by atoms with Gasteiger partial charge in [0.05, 0.1) is 6.61 Å². The Labute approximate surface area is 122 Å². The summed E-state index contributed by atoms with van der Waals surface area (Å²) >= 11 is 0. The first-order valence-corrected chi connectivity index (χ1v) is 7.70. The molecule has 1 heterocycles. The topological polar surface area (TPSA) is 38.7 Å². The number of aliphatic hydroxyl groups is 1. The van der Waals surface area contributed by atoms with Crippen molar-refractivity contribution in [3.05, 3.63) is 30.3 Å². The summed E-state index contributed by atoms with van der Waals surface area (Å²) < 4.78 is 0. The minimum atomic E-state index is 0.207. The third-order valence-electron chi connectivity index (χ3n) is 3.88. The maximum atomic E-state index is 9.41. The van der Waals surface area contributed by atoms with Gasteiger partial charge in [-0.3, -0.25) is 4.90 Å². The van der Waals surface area contributed by atoms with Crippen molar-refractivity contribution in [3.63, 3.8) is 0 Å². The predicted molar refractivity (Wildman–Crippen MR) is 84.3 cm³/mol. The molecule has 1 aliphatic rings. The molecule has 0 spiro atoms. The van der Waals surface area contributed by atoms with Gasteiger partial charge in [-0.2, -0.15) is 0 Å². The first kappa shape index (κ1) is 15.3. The van der Waals surface area contributed by atoms with Gasteiger partial charge in [0.1, 0.15) is 0 Å². The second-order valence-corrected chi connectivity index (χ2v) is 5.46. The number of hydrogen-bond acceptors (Lipinski definition) is 4. The molecule has 0 amide bonds. The molecule has 1 atom stereocenters. The number of anilines is 1. The zero-order chi connectivity index (χ0) is 14.2. The smallest absolute Gasteiger partial charge is 0.0597 e. The molecule has 4 heteroatoms. The number of aliphatic hydroxyl groups excluding tert-OH is 1. The first-order chi connectivity index (χ1) is 9.83. The van der Waals surface area contributed by atoms with E-state index in [4.69, 9.17) is 0 Å². The number of nitrogens with one attached hydrogen (secondary N) is 1. The third-order valence-corrected chi connectivity index (χ3v) is 3.88. The molecule has 2 N–H and O–H groups in total. The van der Waals surface area contributed by atoms with Crippen molar-refractivity contribution in [1.82, 2.24) is 10.2 Å². The molecule has 0 aromatic heterocycles. The summed E-state index contributed by atoms with van der Waals surface area (Å²) in [6.45, 7) is 8.57. The molecular formula is C16H27N3O. The summed E-state index contributed by atoms with van der Waals surface area (Å²) in [6, 6.07) is 10.8. The minimum absolute atomic E-state index is 0.207. The molecule has 0 aliphatic carbocycles. The van der Waals surface area contributed by atoms with E-state index in [0.717, 1.165) is 45.7 Å². The predicted octanol–water partition coefficient (Wildman–Crippen LogP) is 1.17. The van der Waals surface area contributed by atoms with Gasteiger partial charge in [0.15, 0.2) is 0 Å². The molecule has 0 radical (unpaired) electrons. The summed E-state index contributed by atoms with van der Waals surface area (Å²) in [7, 11) is 0. The van der Waals surface area contributed by atoms with Crippen LogP contribution >= 0.6 is 0 Å². The quantitative estimate of drug-likeness (QED) is 0.785. The van der Waals surface area contributed by atoms with E-state index in [2.05, 4.69) is 52.4 Å². The Morgan fingerprint density at radius 1 is 1.15 bits per heavy atom. The largest absolute Gasteiger partial charge is 0.395 e. The van der Waals surface area contributed by atoms with Crippen molar-refractivity contribution in [2.75, 3.05) is 50.8 Å². The van der Waals surface area contributed by atoms with E-state index in [1.807, 2.05) is 0 Å². The minimum Gasteiger partial charge on any atom is -0.395 e. The van der Waals surface area contributed by atoms with Crippen LogP contribution in [-0.2, 0) is 0 Å². The Kier molecular flexibility index (Phi) is 6.30. The van der Waals surface area contributed by atoms with Crippen LogP contribution in [0, 0.1) is 0 Å². The van der Waals surface area contributed by atoms with Gasteiger partial charge in [-0.1, -0.05) is 25.1 Å². The lowest BCUT2D eigenvalue weighted by molar-refractivity contribution is 0.175. The van der Waals surface area contributed by atoms with Crippen LogP contribution in [0.4, 0.5) is 5.69 Å². The molecule has 20 heavy (non-hydrogen) atoms. The summed E-state index contributed by atoms with van der Waals surface area (Å²) in [6.07, 6.45) is 1.11. The average Bonchev–Trinajstić information content (AvgIpc) is 2.53. The SMILES string of the molecule is CCCNC(CO)CN1CCN(c2ccccc2)CC1. The van der Waals surface area contributed by atoms with E-state index in [9.17, 15) is 5.11 Å². The summed E-state index contributed by atoms with van der Waals surface area (Å²) in [5, 5.41) is 12.8. The van der Waals surface area contributed by atoms with Gasteiger partial charge in [0.2, 0.25) is 0 Å². The van der Waals surface area contributed by atoms with Crippen molar-refractivity contribution in [1.29, 1.82) is 0 Å². The van der Waals surface area contributed by atoms with Gasteiger partial charge in [-0.05, 0) is 25.1 Å². The molecule has 4 nitrogen and oxygen atoms in total. The monoisotopic (exact) mass is 277 g/mol. The second kappa shape index (κ2) is 8.25. The standard InChI is InChI=1S/C16H27N3O/c1-2-8-17-15(14-20)13-18-9-11-19(12-10-18)16-6-4-3-5-7-16/h3-7,15,17,20H,2,8-14H2,1H3. The highest BCUT2D eigenvalue weighted by atomic mass is 16.3. The number of piperazine rings is 1. The van der Waals surface area contributed by atoms with Crippen molar-refractivity contribution in [2.24, 2.45) is 0 Å². The van der Waals surface area contributed by atoms with E-state index in [1.165, 1.54) is 5.69 Å². The lowest BCUT2D eigenvalue weighted by Crippen LogP contribution is -2.51. The normalized spacial score (nSPS) is 18.2. The summed E-state index contributed by atoms with van der Waals surface area (Å²) in [5.41, 5.74) is 1.31. The Morgan fingerprint density at radius 2 is 1.85 bits per heavy atom. The van der Waals surface area contributed by atoms with Crippen LogP contribution in [-0.4, -0.2) is 61.9 Å². The Bertz CT molecular complexity index is 363. The van der Waals surface area contributed by atoms with Crippen molar-refractivity contribution < 1.29 is 5.11 Å². The van der Waals surface area contributed by atoms with Gasteiger partial charge >= 0.3 is 0 Å². The van der Waals surface area contributed by atoms with Crippen molar-refractivity contribution in [3.8, 4) is 0 Å². The average molecular weight is 277 g/mol. The molecule has 0 bridgehead atoms. The highest BCUT2D eigenvalue weighted by Gasteiger charge is 2.19. The number of para-hydroxylation sites is 1. The van der Waals surface area contributed by atoms with Gasteiger partial charge in [-0.15, -0.1) is 0 Å². The maximum absolute atomic E-state index is 9.41. The van der Waals surface area contributed by atoms with Gasteiger partial charge in [0.25, 0.3) is 0 Å². The fourth-order valence-corrected chi connectivity index (χ4v) is 2.67. The molecule has 2 rings (SSSR count). The van der Waals surface area contributed by atoms with E-state index >= 15 is 0 Å². The summed E-state index contributed by atoms with van der Waals surface area (Å²) in [5.74, 6) is 0. The van der Waals surface area contributed by atoms with E-state index in [0.29, 0.717) is 0 Å². The van der Waals surface area contributed by atoms with Gasteiger partial charge < -0.3 is 15.3 Å².